The fourth-order valence-corrected chi connectivity index (χ4v) is 3.69. The van der Waals surface area contributed by atoms with Gasteiger partial charge in [0.05, 0.1) is 6.10 Å². The third-order valence-corrected chi connectivity index (χ3v) is 5.08. The Morgan fingerprint density at radius 3 is 2.96 bits per heavy atom. The van der Waals surface area contributed by atoms with Crippen LogP contribution in [-0.4, -0.2) is 42.6 Å². The van der Waals surface area contributed by atoms with Crippen molar-refractivity contribution in [3.8, 4) is 0 Å². The second-order valence-electron chi connectivity index (χ2n) is 6.60. The molecule has 2 atom stereocenters. The number of nitrogens with one attached hydrogen (secondary N) is 1. The molecule has 23 heavy (non-hydrogen) atoms. The highest BCUT2D eigenvalue weighted by Gasteiger charge is 2.25. The second-order valence-corrected chi connectivity index (χ2v) is 6.60. The van der Waals surface area contributed by atoms with Crippen molar-refractivity contribution in [2.45, 2.75) is 57.7 Å². The summed E-state index contributed by atoms with van der Waals surface area (Å²) in [6.45, 7) is 5.42. The van der Waals surface area contributed by atoms with Gasteiger partial charge in [0.15, 0.2) is 0 Å². The van der Waals surface area contributed by atoms with E-state index in [1.807, 2.05) is 4.90 Å². The topological polar surface area (TPSA) is 41.6 Å². The molecule has 0 unspecified atom stereocenters. The second kappa shape index (κ2) is 7.93. The van der Waals surface area contributed by atoms with Gasteiger partial charge in [-0.25, -0.2) is 0 Å². The molecule has 2 aliphatic heterocycles. The summed E-state index contributed by atoms with van der Waals surface area (Å²) in [4.78, 5) is 14.5. The molecule has 1 saturated heterocycles. The Morgan fingerprint density at radius 2 is 2.22 bits per heavy atom. The maximum Gasteiger partial charge on any atom is 0.224 e. The number of nitrogens with zero attached hydrogens (tertiary/aromatic N) is 1. The lowest BCUT2D eigenvalue weighted by Crippen LogP contribution is -2.42. The molecule has 0 aromatic heterocycles. The Kier molecular flexibility index (Phi) is 5.68. The van der Waals surface area contributed by atoms with Gasteiger partial charge in [-0.2, -0.15) is 0 Å². The number of amides is 1. The summed E-state index contributed by atoms with van der Waals surface area (Å²) < 4.78 is 5.76. The van der Waals surface area contributed by atoms with Crippen LogP contribution < -0.4 is 5.32 Å². The first-order valence-corrected chi connectivity index (χ1v) is 8.97. The summed E-state index contributed by atoms with van der Waals surface area (Å²) in [6.07, 6.45) is 5.23. The highest BCUT2D eigenvalue weighted by Crippen LogP contribution is 2.19. The average molecular weight is 316 g/mol. The molecular formula is C19H28N2O2. The number of ether oxygens (including phenoxy) is 1. The molecule has 0 aliphatic carbocycles. The summed E-state index contributed by atoms with van der Waals surface area (Å²) in [5.74, 6) is 0.259. The van der Waals surface area contributed by atoms with Gasteiger partial charge in [0.2, 0.25) is 5.91 Å². The first-order chi connectivity index (χ1) is 11.3. The van der Waals surface area contributed by atoms with E-state index < -0.39 is 0 Å². The van der Waals surface area contributed by atoms with E-state index in [1.165, 1.54) is 11.1 Å². The van der Waals surface area contributed by atoms with Crippen LogP contribution in [0.4, 0.5) is 0 Å². The van der Waals surface area contributed by atoms with Gasteiger partial charge in [0, 0.05) is 38.7 Å². The molecule has 1 aromatic rings. The van der Waals surface area contributed by atoms with E-state index in [0.29, 0.717) is 18.6 Å². The first kappa shape index (κ1) is 16.5. The van der Waals surface area contributed by atoms with E-state index in [2.05, 4.69) is 36.5 Å². The van der Waals surface area contributed by atoms with Gasteiger partial charge in [-0.3, -0.25) is 4.79 Å². The largest absolute Gasteiger partial charge is 0.377 e. The van der Waals surface area contributed by atoms with Crippen molar-refractivity contribution in [1.82, 2.24) is 10.2 Å². The standard InChI is InChI=1S/C19H28N2O2/c1-2-17(18-8-5-13-23-18)20-11-9-19(22)21-12-10-15-6-3-4-7-16(15)14-21/h3-4,6-7,17-18,20H,2,5,8-14H2,1H3/t17-,18+/m0/s1. The number of carbonyl (C=O) groups is 1. The minimum absolute atomic E-state index is 0.259. The average Bonchev–Trinajstić information content (AvgIpc) is 3.12. The summed E-state index contributed by atoms with van der Waals surface area (Å²) >= 11 is 0. The Hall–Kier alpha value is -1.39. The zero-order valence-electron chi connectivity index (χ0n) is 14.1. The highest BCUT2D eigenvalue weighted by atomic mass is 16.5. The van der Waals surface area contributed by atoms with Gasteiger partial charge in [0.1, 0.15) is 0 Å². The Bertz CT molecular complexity index is 526. The third-order valence-electron chi connectivity index (χ3n) is 5.08. The van der Waals surface area contributed by atoms with Crippen molar-refractivity contribution in [3.63, 3.8) is 0 Å². The van der Waals surface area contributed by atoms with Crippen LogP contribution in [0.15, 0.2) is 24.3 Å². The Balaban J connectivity index is 1.44. The molecule has 1 N–H and O–H groups in total. The number of rotatable bonds is 6. The number of hydrogen-bond acceptors (Lipinski definition) is 3. The molecule has 0 saturated carbocycles. The Morgan fingerprint density at radius 1 is 1.39 bits per heavy atom. The Labute approximate surface area is 139 Å². The van der Waals surface area contributed by atoms with Crippen molar-refractivity contribution < 1.29 is 9.53 Å². The fourth-order valence-electron chi connectivity index (χ4n) is 3.69. The van der Waals surface area contributed by atoms with Gasteiger partial charge < -0.3 is 15.0 Å². The van der Waals surface area contributed by atoms with Gasteiger partial charge in [-0.15, -0.1) is 0 Å². The molecular weight excluding hydrogens is 288 g/mol. The number of fused-ring (bicyclic) bond motifs is 1. The van der Waals surface area contributed by atoms with Crippen molar-refractivity contribution in [3.05, 3.63) is 35.4 Å². The van der Waals surface area contributed by atoms with E-state index in [9.17, 15) is 4.79 Å². The molecule has 126 valence electrons. The maximum absolute atomic E-state index is 12.5. The van der Waals surface area contributed by atoms with E-state index in [1.54, 1.807) is 0 Å². The van der Waals surface area contributed by atoms with Gasteiger partial charge in [0.25, 0.3) is 0 Å². The normalized spacial score (nSPS) is 22.0. The lowest BCUT2D eigenvalue weighted by atomic mass is 10.00. The van der Waals surface area contributed by atoms with E-state index >= 15 is 0 Å². The van der Waals surface area contributed by atoms with E-state index in [4.69, 9.17) is 4.74 Å². The minimum Gasteiger partial charge on any atom is -0.377 e. The molecule has 0 bridgehead atoms. The molecule has 2 heterocycles. The smallest absolute Gasteiger partial charge is 0.224 e. The van der Waals surface area contributed by atoms with Crippen LogP contribution in [-0.2, 0) is 22.5 Å². The van der Waals surface area contributed by atoms with Crippen molar-refractivity contribution >= 4 is 5.91 Å². The number of hydrogen-bond donors (Lipinski definition) is 1. The summed E-state index contributed by atoms with van der Waals surface area (Å²) in [6, 6.07) is 8.83. The van der Waals surface area contributed by atoms with Gasteiger partial charge in [-0.05, 0) is 36.8 Å². The summed E-state index contributed by atoms with van der Waals surface area (Å²) in [5.41, 5.74) is 2.69. The lowest BCUT2D eigenvalue weighted by Gasteiger charge is -2.29. The van der Waals surface area contributed by atoms with Crippen LogP contribution in [0, 0.1) is 0 Å². The SMILES string of the molecule is CC[C@H](NCCC(=O)N1CCc2ccccc2C1)[C@H]1CCCO1. The van der Waals surface area contributed by atoms with Crippen LogP contribution in [0.1, 0.15) is 43.7 Å². The summed E-state index contributed by atoms with van der Waals surface area (Å²) in [5, 5.41) is 3.53. The van der Waals surface area contributed by atoms with Crippen LogP contribution in [0.25, 0.3) is 0 Å². The molecule has 0 radical (unpaired) electrons. The first-order valence-electron chi connectivity index (χ1n) is 8.97. The van der Waals surface area contributed by atoms with Crippen LogP contribution in [0.3, 0.4) is 0 Å². The van der Waals surface area contributed by atoms with Crippen molar-refractivity contribution in [2.75, 3.05) is 19.7 Å². The van der Waals surface area contributed by atoms with Crippen LogP contribution in [0.2, 0.25) is 0 Å². The van der Waals surface area contributed by atoms with Gasteiger partial charge in [-0.1, -0.05) is 31.2 Å². The van der Waals surface area contributed by atoms with Crippen molar-refractivity contribution in [2.24, 2.45) is 0 Å². The molecule has 1 fully saturated rings. The van der Waals surface area contributed by atoms with E-state index in [-0.39, 0.29) is 5.91 Å². The summed E-state index contributed by atoms with van der Waals surface area (Å²) in [7, 11) is 0. The number of benzene rings is 1. The van der Waals surface area contributed by atoms with Crippen molar-refractivity contribution in [1.29, 1.82) is 0 Å². The van der Waals surface area contributed by atoms with Crippen LogP contribution in [0.5, 0.6) is 0 Å². The molecule has 4 nitrogen and oxygen atoms in total. The molecule has 1 aromatic carbocycles. The lowest BCUT2D eigenvalue weighted by molar-refractivity contribution is -0.132. The minimum atomic E-state index is 0.259. The molecule has 2 aliphatic rings. The zero-order valence-corrected chi connectivity index (χ0v) is 14.1. The number of carbonyl (C=O) groups excluding carboxylic acids is 1. The quantitative estimate of drug-likeness (QED) is 0.877. The van der Waals surface area contributed by atoms with E-state index in [0.717, 1.165) is 51.9 Å². The highest BCUT2D eigenvalue weighted by molar-refractivity contribution is 5.76. The predicted octanol–water partition coefficient (Wildman–Crippen LogP) is 2.51. The molecule has 1 amide bonds. The zero-order chi connectivity index (χ0) is 16.1. The predicted molar refractivity (Wildman–Crippen MR) is 91.2 cm³/mol. The third kappa shape index (κ3) is 4.12. The molecule has 0 spiro atoms. The van der Waals surface area contributed by atoms with Crippen LogP contribution >= 0.6 is 0 Å². The molecule has 3 rings (SSSR count). The fraction of sp³-hybridized carbons (Fsp3) is 0.632. The molecule has 4 heteroatoms. The maximum atomic E-state index is 12.5. The van der Waals surface area contributed by atoms with Gasteiger partial charge >= 0.3 is 0 Å². The monoisotopic (exact) mass is 316 g/mol.